The van der Waals surface area contributed by atoms with Crippen LogP contribution < -0.4 is 10.4 Å². The molecule has 2 saturated heterocycles. The van der Waals surface area contributed by atoms with Gasteiger partial charge in [-0.3, -0.25) is 4.90 Å². The Kier molecular flexibility index (Phi) is 8.49. The Labute approximate surface area is 187 Å². The molecule has 4 rings (SSSR count). The van der Waals surface area contributed by atoms with Crippen molar-refractivity contribution in [3.05, 3.63) is 40.2 Å². The molecular formula is C23H31NO8. The van der Waals surface area contributed by atoms with Gasteiger partial charge in [-0.25, -0.2) is 4.79 Å². The van der Waals surface area contributed by atoms with Crippen molar-refractivity contribution in [2.45, 2.75) is 18.8 Å². The van der Waals surface area contributed by atoms with Gasteiger partial charge in [0.25, 0.3) is 0 Å². The number of likely N-dealkylation sites (tertiary alicyclic amines) is 1. The van der Waals surface area contributed by atoms with Gasteiger partial charge in [0, 0.05) is 37.2 Å². The standard InChI is InChI=1S/C23H31NO8/c1-26-18-2-3-19-17(12-23(25)32-20(19)13-18)14-24-15-21-22(16-24)31-11-9-29-7-5-27-4-6-28-8-10-30-21/h2-3,12-13,21-22H,4-11,14-16H2,1H3/t21-,22-/m1/s1. The molecule has 2 fully saturated rings. The van der Waals surface area contributed by atoms with Gasteiger partial charge in [-0.1, -0.05) is 0 Å². The van der Waals surface area contributed by atoms with E-state index >= 15 is 0 Å². The first kappa shape index (κ1) is 23.2. The van der Waals surface area contributed by atoms with Crippen LogP contribution in [0.4, 0.5) is 0 Å². The lowest BCUT2D eigenvalue weighted by Gasteiger charge is -2.19. The Balaban J connectivity index is 1.43. The first-order valence-electron chi connectivity index (χ1n) is 11.0. The summed E-state index contributed by atoms with van der Waals surface area (Å²) in [6, 6.07) is 7.09. The lowest BCUT2D eigenvalue weighted by Crippen LogP contribution is -2.32. The largest absolute Gasteiger partial charge is 0.497 e. The molecule has 0 N–H and O–H groups in total. The average Bonchev–Trinajstić information content (AvgIpc) is 3.16. The van der Waals surface area contributed by atoms with Crippen LogP contribution in [0, 0.1) is 0 Å². The third-order valence-corrected chi connectivity index (χ3v) is 5.59. The van der Waals surface area contributed by atoms with Crippen molar-refractivity contribution in [3.8, 4) is 5.75 Å². The number of nitrogens with zero attached hydrogens (tertiary/aromatic N) is 1. The summed E-state index contributed by atoms with van der Waals surface area (Å²) in [6.07, 6.45) is -0.155. The van der Waals surface area contributed by atoms with E-state index in [1.54, 1.807) is 19.2 Å². The molecule has 2 aromatic rings. The lowest BCUT2D eigenvalue weighted by molar-refractivity contribution is -0.0696. The van der Waals surface area contributed by atoms with E-state index in [-0.39, 0.29) is 17.8 Å². The predicted octanol–water partition coefficient (Wildman–Crippen LogP) is 1.45. The fraction of sp³-hybridized carbons (Fsp3) is 0.609. The van der Waals surface area contributed by atoms with Crippen molar-refractivity contribution >= 4 is 11.0 Å². The maximum atomic E-state index is 12.1. The number of hydrogen-bond acceptors (Lipinski definition) is 9. The van der Waals surface area contributed by atoms with E-state index in [1.807, 2.05) is 12.1 Å². The normalized spacial score (nSPS) is 24.5. The van der Waals surface area contributed by atoms with Gasteiger partial charge in [-0.15, -0.1) is 0 Å². The summed E-state index contributed by atoms with van der Waals surface area (Å²) in [5, 5.41) is 0.894. The first-order chi connectivity index (χ1) is 15.7. The highest BCUT2D eigenvalue weighted by molar-refractivity contribution is 5.81. The topological polar surface area (TPSA) is 88.8 Å². The highest BCUT2D eigenvalue weighted by atomic mass is 16.6. The molecule has 32 heavy (non-hydrogen) atoms. The number of benzene rings is 1. The summed E-state index contributed by atoms with van der Waals surface area (Å²) in [4.78, 5) is 14.4. The van der Waals surface area contributed by atoms with Gasteiger partial charge in [-0.05, 0) is 17.7 Å². The van der Waals surface area contributed by atoms with E-state index in [0.717, 1.165) is 10.9 Å². The fourth-order valence-electron chi connectivity index (χ4n) is 4.04. The number of methoxy groups -OCH3 is 1. The minimum atomic E-state index is -0.375. The number of ether oxygens (including phenoxy) is 6. The summed E-state index contributed by atoms with van der Waals surface area (Å²) >= 11 is 0. The third-order valence-electron chi connectivity index (χ3n) is 5.59. The molecule has 9 nitrogen and oxygen atoms in total. The molecule has 1 aromatic carbocycles. The van der Waals surface area contributed by atoms with Gasteiger partial charge in [0.05, 0.1) is 72.2 Å². The van der Waals surface area contributed by atoms with Gasteiger partial charge in [0.15, 0.2) is 0 Å². The highest BCUT2D eigenvalue weighted by Crippen LogP contribution is 2.25. The van der Waals surface area contributed by atoms with Crippen LogP contribution in [-0.4, -0.2) is 90.2 Å². The summed E-state index contributed by atoms with van der Waals surface area (Å²) < 4.78 is 39.3. The van der Waals surface area contributed by atoms with Crippen LogP contribution >= 0.6 is 0 Å². The quantitative estimate of drug-likeness (QED) is 0.646. The number of hydrogen-bond donors (Lipinski definition) is 0. The SMILES string of the molecule is COc1ccc2c(CN3C[C@H]4OCCOCCOCCOCCO[C@@H]4C3)cc(=O)oc2c1. The molecule has 9 heteroatoms. The van der Waals surface area contributed by atoms with Crippen LogP contribution in [0.25, 0.3) is 11.0 Å². The summed E-state index contributed by atoms with van der Waals surface area (Å²) in [7, 11) is 1.59. The van der Waals surface area contributed by atoms with Crippen molar-refractivity contribution in [1.82, 2.24) is 4.90 Å². The Hall–Kier alpha value is -2.01. The zero-order valence-corrected chi connectivity index (χ0v) is 18.5. The molecule has 2 aliphatic rings. The van der Waals surface area contributed by atoms with E-state index in [1.165, 1.54) is 0 Å². The highest BCUT2D eigenvalue weighted by Gasteiger charge is 2.34. The van der Waals surface area contributed by atoms with Crippen LogP contribution in [0.5, 0.6) is 5.75 Å². The first-order valence-corrected chi connectivity index (χ1v) is 11.0. The monoisotopic (exact) mass is 449 g/mol. The smallest absolute Gasteiger partial charge is 0.336 e. The summed E-state index contributed by atoms with van der Waals surface area (Å²) in [5.74, 6) is 0.650. The summed E-state index contributed by atoms with van der Waals surface area (Å²) in [6.45, 7) is 6.17. The molecule has 0 radical (unpaired) electrons. The molecule has 2 atom stereocenters. The molecule has 2 aliphatic heterocycles. The van der Waals surface area contributed by atoms with Crippen molar-refractivity contribution < 1.29 is 32.8 Å². The summed E-state index contributed by atoms with van der Waals surface area (Å²) in [5.41, 5.74) is 1.05. The van der Waals surface area contributed by atoms with E-state index in [4.69, 9.17) is 32.8 Å². The van der Waals surface area contributed by atoms with E-state index in [2.05, 4.69) is 4.90 Å². The number of rotatable bonds is 3. The molecule has 0 amide bonds. The van der Waals surface area contributed by atoms with E-state index < -0.39 is 0 Å². The molecule has 0 bridgehead atoms. The van der Waals surface area contributed by atoms with Crippen LogP contribution in [0.3, 0.4) is 0 Å². The Morgan fingerprint density at radius 1 is 0.875 bits per heavy atom. The molecule has 3 heterocycles. The van der Waals surface area contributed by atoms with Gasteiger partial charge >= 0.3 is 5.63 Å². The van der Waals surface area contributed by atoms with Crippen molar-refractivity contribution in [2.24, 2.45) is 0 Å². The molecule has 0 saturated carbocycles. The maximum absolute atomic E-state index is 12.1. The second kappa shape index (κ2) is 11.7. The second-order valence-corrected chi connectivity index (χ2v) is 7.80. The van der Waals surface area contributed by atoms with Crippen LogP contribution in [0.1, 0.15) is 5.56 Å². The Bertz CT molecular complexity index is 894. The fourth-order valence-corrected chi connectivity index (χ4v) is 4.04. The Morgan fingerprint density at radius 2 is 1.47 bits per heavy atom. The van der Waals surface area contributed by atoms with Gasteiger partial charge in [-0.2, -0.15) is 0 Å². The minimum absolute atomic E-state index is 0.0774. The van der Waals surface area contributed by atoms with E-state index in [9.17, 15) is 4.79 Å². The van der Waals surface area contributed by atoms with Crippen molar-refractivity contribution in [2.75, 3.05) is 73.1 Å². The zero-order valence-electron chi connectivity index (χ0n) is 18.5. The molecular weight excluding hydrogens is 418 g/mol. The van der Waals surface area contributed by atoms with Gasteiger partial charge < -0.3 is 32.8 Å². The third kappa shape index (κ3) is 6.28. The van der Waals surface area contributed by atoms with Gasteiger partial charge in [0.2, 0.25) is 0 Å². The average molecular weight is 450 g/mol. The molecule has 0 aliphatic carbocycles. The molecule has 0 spiro atoms. The van der Waals surface area contributed by atoms with Gasteiger partial charge in [0.1, 0.15) is 11.3 Å². The van der Waals surface area contributed by atoms with E-state index in [0.29, 0.717) is 83.8 Å². The molecule has 0 unspecified atom stereocenters. The van der Waals surface area contributed by atoms with Crippen LogP contribution in [0.2, 0.25) is 0 Å². The Morgan fingerprint density at radius 3 is 2.06 bits per heavy atom. The molecule has 1 aromatic heterocycles. The number of fused-ring (bicyclic) bond motifs is 2. The van der Waals surface area contributed by atoms with Crippen molar-refractivity contribution in [1.29, 1.82) is 0 Å². The van der Waals surface area contributed by atoms with Crippen LogP contribution in [-0.2, 0) is 30.2 Å². The maximum Gasteiger partial charge on any atom is 0.336 e. The predicted molar refractivity (Wildman–Crippen MR) is 116 cm³/mol. The second-order valence-electron chi connectivity index (χ2n) is 7.80. The zero-order chi connectivity index (χ0) is 22.2. The minimum Gasteiger partial charge on any atom is -0.497 e. The van der Waals surface area contributed by atoms with Crippen LogP contribution in [0.15, 0.2) is 33.5 Å². The van der Waals surface area contributed by atoms with Crippen molar-refractivity contribution in [3.63, 3.8) is 0 Å². The lowest BCUT2D eigenvalue weighted by atomic mass is 10.1. The molecule has 176 valence electrons.